The lowest BCUT2D eigenvalue weighted by molar-refractivity contribution is -0.148. The van der Waals surface area contributed by atoms with Gasteiger partial charge in [-0.2, -0.15) is 0 Å². The van der Waals surface area contributed by atoms with Crippen LogP contribution < -0.4 is 0 Å². The molecule has 6 heteroatoms. The van der Waals surface area contributed by atoms with Gasteiger partial charge in [-0.15, -0.1) is 0 Å². The largest absolute Gasteiger partial charge is 0.481 e. The molecule has 0 aromatic heterocycles. The van der Waals surface area contributed by atoms with Crippen molar-refractivity contribution in [1.82, 2.24) is 0 Å². The van der Waals surface area contributed by atoms with Gasteiger partial charge in [0.2, 0.25) is 0 Å². The molecule has 0 aliphatic heterocycles. The van der Waals surface area contributed by atoms with Gasteiger partial charge in [0.1, 0.15) is 12.9 Å². The molecular weight excluding hydrogens is 252 g/mol. The SMILES string of the molecule is CC(C)(C)C(COCCOCCOCC=O)C(=O)O. The molecule has 1 atom stereocenters. The molecule has 0 fully saturated rings. The van der Waals surface area contributed by atoms with Crippen molar-refractivity contribution in [3.05, 3.63) is 0 Å². The first-order valence-electron chi connectivity index (χ1n) is 6.29. The zero-order valence-electron chi connectivity index (χ0n) is 11.9. The molecule has 19 heavy (non-hydrogen) atoms. The van der Waals surface area contributed by atoms with Crippen molar-refractivity contribution in [3.63, 3.8) is 0 Å². The highest BCUT2D eigenvalue weighted by atomic mass is 16.5. The van der Waals surface area contributed by atoms with Crippen LogP contribution in [0.1, 0.15) is 20.8 Å². The third-order valence-electron chi connectivity index (χ3n) is 2.56. The van der Waals surface area contributed by atoms with Crippen LogP contribution in [0.25, 0.3) is 0 Å². The molecule has 0 radical (unpaired) electrons. The van der Waals surface area contributed by atoms with Crippen molar-refractivity contribution in [2.24, 2.45) is 11.3 Å². The minimum atomic E-state index is -0.851. The maximum atomic E-state index is 11.1. The third-order valence-corrected chi connectivity index (χ3v) is 2.56. The number of carbonyl (C=O) groups excluding carboxylic acids is 1. The van der Waals surface area contributed by atoms with Gasteiger partial charge < -0.3 is 24.1 Å². The number of rotatable bonds is 11. The first-order chi connectivity index (χ1) is 8.89. The van der Waals surface area contributed by atoms with Crippen LogP contribution >= 0.6 is 0 Å². The third kappa shape index (κ3) is 9.58. The molecule has 0 aromatic carbocycles. The fourth-order valence-corrected chi connectivity index (χ4v) is 1.36. The van der Waals surface area contributed by atoms with Crippen LogP contribution in [0.2, 0.25) is 0 Å². The quantitative estimate of drug-likeness (QED) is 0.447. The fraction of sp³-hybridized carbons (Fsp3) is 0.846. The molecule has 0 spiro atoms. The number of carboxylic acids is 1. The van der Waals surface area contributed by atoms with E-state index < -0.39 is 11.9 Å². The zero-order valence-corrected chi connectivity index (χ0v) is 11.9. The molecule has 1 N–H and O–H groups in total. The summed E-state index contributed by atoms with van der Waals surface area (Å²) in [6.45, 7) is 7.32. The molecule has 0 aromatic rings. The summed E-state index contributed by atoms with van der Waals surface area (Å²) in [5, 5.41) is 9.08. The lowest BCUT2D eigenvalue weighted by Crippen LogP contribution is -2.32. The Labute approximate surface area is 114 Å². The predicted molar refractivity (Wildman–Crippen MR) is 69.1 cm³/mol. The average Bonchev–Trinajstić information content (AvgIpc) is 2.29. The molecule has 112 valence electrons. The first-order valence-corrected chi connectivity index (χ1v) is 6.29. The minimum Gasteiger partial charge on any atom is -0.481 e. The highest BCUT2D eigenvalue weighted by molar-refractivity contribution is 5.71. The number of hydrogen-bond acceptors (Lipinski definition) is 5. The summed E-state index contributed by atoms with van der Waals surface area (Å²) in [6.07, 6.45) is 0.682. The van der Waals surface area contributed by atoms with Crippen molar-refractivity contribution >= 4 is 12.3 Å². The summed E-state index contributed by atoms with van der Waals surface area (Å²) < 4.78 is 15.4. The zero-order chi connectivity index (χ0) is 14.7. The summed E-state index contributed by atoms with van der Waals surface area (Å²) in [5.74, 6) is -1.39. The molecule has 0 saturated carbocycles. The van der Waals surface area contributed by atoms with Crippen LogP contribution in [0.15, 0.2) is 0 Å². The van der Waals surface area contributed by atoms with Crippen molar-refractivity contribution < 1.29 is 28.9 Å². The van der Waals surface area contributed by atoms with E-state index in [9.17, 15) is 9.59 Å². The Kier molecular flexibility index (Phi) is 9.38. The summed E-state index contributed by atoms with van der Waals surface area (Å²) in [7, 11) is 0. The van der Waals surface area contributed by atoms with Crippen LogP contribution in [0.3, 0.4) is 0 Å². The molecule has 0 aliphatic carbocycles. The lowest BCUT2D eigenvalue weighted by atomic mass is 9.81. The Hall–Kier alpha value is -0.980. The molecule has 0 aliphatic rings. The molecule has 6 nitrogen and oxygen atoms in total. The van der Waals surface area contributed by atoms with Gasteiger partial charge in [0, 0.05) is 0 Å². The summed E-state index contributed by atoms with van der Waals surface area (Å²) >= 11 is 0. The molecule has 0 heterocycles. The number of aldehydes is 1. The van der Waals surface area contributed by atoms with Crippen LogP contribution in [0.4, 0.5) is 0 Å². The molecule has 0 saturated heterocycles. The number of carboxylic acid groups (broad SMARTS) is 1. The maximum absolute atomic E-state index is 11.1. The van der Waals surface area contributed by atoms with E-state index in [1.165, 1.54) is 0 Å². The highest BCUT2D eigenvalue weighted by Crippen LogP contribution is 2.26. The number of ether oxygens (including phenoxy) is 3. The van der Waals surface area contributed by atoms with E-state index in [-0.39, 0.29) is 18.6 Å². The van der Waals surface area contributed by atoms with Gasteiger partial charge in [-0.1, -0.05) is 20.8 Å². The van der Waals surface area contributed by atoms with Gasteiger partial charge in [-0.3, -0.25) is 4.79 Å². The molecule has 0 rings (SSSR count). The van der Waals surface area contributed by atoms with Gasteiger partial charge in [0.05, 0.1) is 39.0 Å². The van der Waals surface area contributed by atoms with Crippen LogP contribution in [-0.4, -0.2) is 57.0 Å². The Morgan fingerprint density at radius 2 is 1.63 bits per heavy atom. The van der Waals surface area contributed by atoms with E-state index in [0.29, 0.717) is 32.7 Å². The minimum absolute atomic E-state index is 0.0751. The summed E-state index contributed by atoms with van der Waals surface area (Å²) in [5.41, 5.74) is -0.338. The van der Waals surface area contributed by atoms with Crippen molar-refractivity contribution in [3.8, 4) is 0 Å². The Bertz CT molecular complexity index is 258. The second-order valence-corrected chi connectivity index (χ2v) is 5.19. The maximum Gasteiger partial charge on any atom is 0.309 e. The van der Waals surface area contributed by atoms with Crippen molar-refractivity contribution in [2.75, 3.05) is 39.6 Å². The average molecular weight is 276 g/mol. The van der Waals surface area contributed by atoms with Gasteiger partial charge in [-0.05, 0) is 5.41 Å². The van der Waals surface area contributed by atoms with E-state index >= 15 is 0 Å². The molecular formula is C13H24O6. The smallest absolute Gasteiger partial charge is 0.309 e. The summed E-state index contributed by atoms with van der Waals surface area (Å²) in [4.78, 5) is 21.0. The van der Waals surface area contributed by atoms with Crippen molar-refractivity contribution in [2.45, 2.75) is 20.8 Å². The Morgan fingerprint density at radius 3 is 2.11 bits per heavy atom. The standard InChI is InChI=1S/C13H24O6/c1-13(2,3)11(12(15)16)10-19-9-8-18-7-6-17-5-4-14/h4,11H,5-10H2,1-3H3,(H,15,16). The number of aliphatic carboxylic acids is 1. The second-order valence-electron chi connectivity index (χ2n) is 5.19. The Balaban J connectivity index is 3.56. The monoisotopic (exact) mass is 276 g/mol. The molecule has 1 unspecified atom stereocenters. The van der Waals surface area contributed by atoms with Crippen molar-refractivity contribution in [1.29, 1.82) is 0 Å². The molecule has 0 amide bonds. The topological polar surface area (TPSA) is 82.1 Å². The Morgan fingerprint density at radius 1 is 1.11 bits per heavy atom. The predicted octanol–water partition coefficient (Wildman–Crippen LogP) is 0.982. The van der Waals surface area contributed by atoms with Gasteiger partial charge in [0.15, 0.2) is 0 Å². The van der Waals surface area contributed by atoms with E-state index in [0.717, 1.165) is 0 Å². The van der Waals surface area contributed by atoms with E-state index in [1.54, 1.807) is 0 Å². The number of hydrogen-bond donors (Lipinski definition) is 1. The number of carbonyl (C=O) groups is 2. The van der Waals surface area contributed by atoms with Gasteiger partial charge >= 0.3 is 5.97 Å². The van der Waals surface area contributed by atoms with Crippen LogP contribution in [-0.2, 0) is 23.8 Å². The van der Waals surface area contributed by atoms with E-state index in [4.69, 9.17) is 19.3 Å². The van der Waals surface area contributed by atoms with E-state index in [1.807, 2.05) is 20.8 Å². The molecule has 0 bridgehead atoms. The summed E-state index contributed by atoms with van der Waals surface area (Å²) in [6, 6.07) is 0. The van der Waals surface area contributed by atoms with Crippen LogP contribution in [0.5, 0.6) is 0 Å². The second kappa shape index (κ2) is 9.89. The fourth-order valence-electron chi connectivity index (χ4n) is 1.36. The normalized spacial score (nSPS) is 13.2. The lowest BCUT2D eigenvalue weighted by Gasteiger charge is -2.26. The van der Waals surface area contributed by atoms with Gasteiger partial charge in [0.25, 0.3) is 0 Å². The highest BCUT2D eigenvalue weighted by Gasteiger charge is 2.31. The first kappa shape index (κ1) is 18.0. The van der Waals surface area contributed by atoms with E-state index in [2.05, 4.69) is 0 Å². The van der Waals surface area contributed by atoms with Crippen LogP contribution in [0, 0.1) is 11.3 Å². The van der Waals surface area contributed by atoms with Gasteiger partial charge in [-0.25, -0.2) is 0 Å².